The summed E-state index contributed by atoms with van der Waals surface area (Å²) in [6.45, 7) is 0. The van der Waals surface area contributed by atoms with Crippen molar-refractivity contribution in [3.63, 3.8) is 0 Å². The highest BCUT2D eigenvalue weighted by molar-refractivity contribution is 6.32. The molecule has 2 aromatic heterocycles. The Morgan fingerprint density at radius 2 is 2.22 bits per heavy atom. The summed E-state index contributed by atoms with van der Waals surface area (Å²) < 4.78 is 0. The number of nitrogens with one attached hydrogen (secondary N) is 1. The van der Waals surface area contributed by atoms with Crippen LogP contribution in [0.3, 0.4) is 0 Å². The number of pyridine rings is 1. The van der Waals surface area contributed by atoms with Crippen molar-refractivity contribution in [3.05, 3.63) is 53.2 Å². The van der Waals surface area contributed by atoms with Crippen LogP contribution >= 0.6 is 11.6 Å². The van der Waals surface area contributed by atoms with Gasteiger partial charge in [0.05, 0.1) is 22.6 Å². The van der Waals surface area contributed by atoms with Crippen LogP contribution in [-0.2, 0) is 0 Å². The summed E-state index contributed by atoms with van der Waals surface area (Å²) in [5, 5.41) is 3.28. The molecule has 0 unspecified atom stereocenters. The standard InChI is InChI=1S/C12H12ClN5/c1-15-12-17-7-9(13)11(18-12)8(6-14)10-4-2-3-5-16-10/h2-7H,14H2,1H3,(H,15,17,18). The lowest BCUT2D eigenvalue weighted by molar-refractivity contribution is 1.12. The highest BCUT2D eigenvalue weighted by atomic mass is 35.5. The number of anilines is 1. The number of hydrogen-bond donors (Lipinski definition) is 2. The van der Waals surface area contributed by atoms with Crippen LogP contribution in [0.1, 0.15) is 11.4 Å². The predicted molar refractivity (Wildman–Crippen MR) is 72.1 cm³/mol. The first kappa shape index (κ1) is 12.3. The molecule has 3 N–H and O–H groups in total. The smallest absolute Gasteiger partial charge is 0.223 e. The van der Waals surface area contributed by atoms with Crippen molar-refractivity contribution >= 4 is 23.1 Å². The minimum Gasteiger partial charge on any atom is -0.404 e. The topological polar surface area (TPSA) is 76.7 Å². The lowest BCUT2D eigenvalue weighted by atomic mass is 10.1. The van der Waals surface area contributed by atoms with Gasteiger partial charge in [0.15, 0.2) is 0 Å². The zero-order chi connectivity index (χ0) is 13.0. The molecule has 0 saturated carbocycles. The summed E-state index contributed by atoms with van der Waals surface area (Å²) in [5.41, 5.74) is 7.59. The maximum absolute atomic E-state index is 6.10. The molecule has 0 saturated heterocycles. The van der Waals surface area contributed by atoms with Gasteiger partial charge in [-0.05, 0) is 12.1 Å². The molecule has 18 heavy (non-hydrogen) atoms. The van der Waals surface area contributed by atoms with Crippen LogP contribution in [0, 0.1) is 0 Å². The van der Waals surface area contributed by atoms with Gasteiger partial charge in [-0.2, -0.15) is 0 Å². The fourth-order valence-electron chi connectivity index (χ4n) is 1.48. The van der Waals surface area contributed by atoms with Crippen LogP contribution in [0.15, 0.2) is 36.8 Å². The molecule has 0 aliphatic carbocycles. The van der Waals surface area contributed by atoms with E-state index in [1.54, 1.807) is 13.2 Å². The number of hydrogen-bond acceptors (Lipinski definition) is 5. The van der Waals surface area contributed by atoms with Crippen molar-refractivity contribution in [2.45, 2.75) is 0 Å². The van der Waals surface area contributed by atoms with Crippen LogP contribution in [0.5, 0.6) is 0 Å². The van der Waals surface area contributed by atoms with E-state index in [0.717, 1.165) is 0 Å². The summed E-state index contributed by atoms with van der Waals surface area (Å²) in [6.07, 6.45) is 4.66. The van der Waals surface area contributed by atoms with Crippen molar-refractivity contribution in [3.8, 4) is 0 Å². The quantitative estimate of drug-likeness (QED) is 0.883. The minimum atomic E-state index is 0.427. The summed E-state index contributed by atoms with van der Waals surface area (Å²) in [6, 6.07) is 5.55. The number of aromatic nitrogens is 3. The Morgan fingerprint density at radius 1 is 1.39 bits per heavy atom. The third-order valence-corrected chi connectivity index (χ3v) is 2.61. The zero-order valence-electron chi connectivity index (χ0n) is 9.76. The van der Waals surface area contributed by atoms with Gasteiger partial charge in [-0.25, -0.2) is 9.97 Å². The maximum Gasteiger partial charge on any atom is 0.223 e. The summed E-state index contributed by atoms with van der Waals surface area (Å²) in [5.74, 6) is 0.477. The van der Waals surface area contributed by atoms with E-state index in [4.69, 9.17) is 17.3 Å². The molecule has 0 aliphatic rings. The molecule has 0 fully saturated rings. The average molecular weight is 262 g/mol. The Morgan fingerprint density at radius 3 is 2.83 bits per heavy atom. The Labute approximate surface area is 110 Å². The lowest BCUT2D eigenvalue weighted by Crippen LogP contribution is -2.03. The Kier molecular flexibility index (Phi) is 3.74. The SMILES string of the molecule is CNc1ncc(Cl)c(C(=CN)c2ccccn2)n1. The molecule has 92 valence electrons. The Hall–Kier alpha value is -2.14. The van der Waals surface area contributed by atoms with Crippen LogP contribution in [-0.4, -0.2) is 22.0 Å². The highest BCUT2D eigenvalue weighted by Gasteiger charge is 2.12. The van der Waals surface area contributed by atoms with Gasteiger partial charge in [-0.1, -0.05) is 17.7 Å². The number of nitrogens with zero attached hydrogens (tertiary/aromatic N) is 3. The van der Waals surface area contributed by atoms with Crippen molar-refractivity contribution in [2.24, 2.45) is 5.73 Å². The van der Waals surface area contributed by atoms with E-state index in [1.165, 1.54) is 12.4 Å². The molecule has 0 spiro atoms. The van der Waals surface area contributed by atoms with Crippen molar-refractivity contribution in [1.82, 2.24) is 15.0 Å². The molecular weight excluding hydrogens is 250 g/mol. The third kappa shape index (κ3) is 2.41. The van der Waals surface area contributed by atoms with E-state index in [9.17, 15) is 0 Å². The number of nitrogens with two attached hydrogens (primary N) is 1. The first-order valence-corrected chi connectivity index (χ1v) is 5.68. The van der Waals surface area contributed by atoms with E-state index in [0.29, 0.717) is 27.9 Å². The van der Waals surface area contributed by atoms with Gasteiger partial charge >= 0.3 is 0 Å². The van der Waals surface area contributed by atoms with E-state index in [2.05, 4.69) is 20.3 Å². The van der Waals surface area contributed by atoms with Gasteiger partial charge in [0.25, 0.3) is 0 Å². The molecule has 0 bridgehead atoms. The van der Waals surface area contributed by atoms with Crippen LogP contribution in [0.25, 0.3) is 5.57 Å². The molecule has 0 aliphatic heterocycles. The molecular formula is C12H12ClN5. The van der Waals surface area contributed by atoms with Gasteiger partial charge in [0.2, 0.25) is 5.95 Å². The average Bonchev–Trinajstić information content (AvgIpc) is 2.43. The molecule has 0 aromatic carbocycles. The van der Waals surface area contributed by atoms with Gasteiger partial charge < -0.3 is 11.1 Å². The van der Waals surface area contributed by atoms with Crippen molar-refractivity contribution < 1.29 is 0 Å². The molecule has 6 heteroatoms. The van der Waals surface area contributed by atoms with Crippen LogP contribution < -0.4 is 11.1 Å². The lowest BCUT2D eigenvalue weighted by Gasteiger charge is -2.08. The van der Waals surface area contributed by atoms with Crippen molar-refractivity contribution in [2.75, 3.05) is 12.4 Å². The number of rotatable bonds is 3. The predicted octanol–water partition coefficient (Wildman–Crippen LogP) is 1.91. The molecule has 0 radical (unpaired) electrons. The first-order chi connectivity index (χ1) is 8.76. The molecule has 0 amide bonds. The summed E-state index contributed by atoms with van der Waals surface area (Å²) in [4.78, 5) is 12.6. The monoisotopic (exact) mass is 261 g/mol. The number of halogens is 1. The second-order valence-electron chi connectivity index (χ2n) is 3.44. The minimum absolute atomic E-state index is 0.427. The fourth-order valence-corrected chi connectivity index (χ4v) is 1.68. The fraction of sp³-hybridized carbons (Fsp3) is 0.0833. The highest BCUT2D eigenvalue weighted by Crippen LogP contribution is 2.26. The van der Waals surface area contributed by atoms with E-state index in [-0.39, 0.29) is 0 Å². The van der Waals surface area contributed by atoms with Crippen LogP contribution in [0.4, 0.5) is 5.95 Å². The molecule has 5 nitrogen and oxygen atoms in total. The summed E-state index contributed by atoms with van der Waals surface area (Å²) in [7, 11) is 1.74. The Balaban J connectivity index is 2.52. The zero-order valence-corrected chi connectivity index (χ0v) is 10.5. The third-order valence-electron chi connectivity index (χ3n) is 2.33. The second-order valence-corrected chi connectivity index (χ2v) is 3.84. The second kappa shape index (κ2) is 5.46. The Bertz CT molecular complexity index is 568. The first-order valence-electron chi connectivity index (χ1n) is 5.30. The van der Waals surface area contributed by atoms with Gasteiger partial charge in [0, 0.05) is 25.0 Å². The van der Waals surface area contributed by atoms with E-state index >= 15 is 0 Å². The molecule has 2 aromatic rings. The van der Waals surface area contributed by atoms with E-state index < -0.39 is 0 Å². The summed E-state index contributed by atoms with van der Waals surface area (Å²) >= 11 is 6.10. The van der Waals surface area contributed by atoms with E-state index in [1.807, 2.05) is 18.2 Å². The maximum atomic E-state index is 6.10. The van der Waals surface area contributed by atoms with Gasteiger partial charge in [-0.15, -0.1) is 0 Å². The molecule has 2 rings (SSSR count). The van der Waals surface area contributed by atoms with Crippen LogP contribution in [0.2, 0.25) is 5.02 Å². The normalized spacial score (nSPS) is 11.3. The van der Waals surface area contributed by atoms with Gasteiger partial charge in [0.1, 0.15) is 0 Å². The van der Waals surface area contributed by atoms with Gasteiger partial charge in [-0.3, -0.25) is 4.98 Å². The van der Waals surface area contributed by atoms with Crippen molar-refractivity contribution in [1.29, 1.82) is 0 Å². The molecule has 0 atom stereocenters. The largest absolute Gasteiger partial charge is 0.404 e. The molecule has 2 heterocycles.